The molecule has 1 rings (SSSR count). The second kappa shape index (κ2) is 4.93. The van der Waals surface area contributed by atoms with E-state index in [0.717, 1.165) is 12.8 Å². The second-order valence-electron chi connectivity index (χ2n) is 3.11. The molecule has 0 aromatic carbocycles. The first kappa shape index (κ1) is 9.26. The van der Waals surface area contributed by atoms with Crippen molar-refractivity contribution >= 4 is 5.91 Å². The summed E-state index contributed by atoms with van der Waals surface area (Å²) in [6, 6.07) is 0. The molecule has 1 aliphatic carbocycles. The van der Waals surface area contributed by atoms with E-state index in [-0.39, 0.29) is 5.91 Å². The third-order valence-corrected chi connectivity index (χ3v) is 2.03. The van der Waals surface area contributed by atoms with Crippen LogP contribution in [0.25, 0.3) is 0 Å². The quantitative estimate of drug-likeness (QED) is 0.598. The molecule has 0 saturated carbocycles. The highest BCUT2D eigenvalue weighted by molar-refractivity contribution is 5.76. The normalized spacial score (nSPS) is 21.2. The van der Waals surface area contributed by atoms with Crippen molar-refractivity contribution in [2.75, 3.05) is 13.1 Å². The standard InChI is InChI=1S/C9H16N2O/c10-5-6-11-9(12)7-8-3-1-2-4-8/h1,3,8H,2,4-7,10H2,(H,11,12). The fourth-order valence-corrected chi connectivity index (χ4v) is 1.39. The molecule has 3 nitrogen and oxygen atoms in total. The van der Waals surface area contributed by atoms with Gasteiger partial charge in [0.2, 0.25) is 5.91 Å². The molecule has 0 aromatic heterocycles. The summed E-state index contributed by atoms with van der Waals surface area (Å²) in [6.45, 7) is 1.11. The summed E-state index contributed by atoms with van der Waals surface area (Å²) in [4.78, 5) is 11.2. The van der Waals surface area contributed by atoms with Gasteiger partial charge >= 0.3 is 0 Å². The summed E-state index contributed by atoms with van der Waals surface area (Å²) in [6.07, 6.45) is 7.13. The molecule has 0 aliphatic heterocycles. The van der Waals surface area contributed by atoms with Gasteiger partial charge in [-0.1, -0.05) is 12.2 Å². The largest absolute Gasteiger partial charge is 0.355 e. The van der Waals surface area contributed by atoms with Crippen LogP contribution in [0.5, 0.6) is 0 Å². The van der Waals surface area contributed by atoms with Gasteiger partial charge in [0.15, 0.2) is 0 Å². The average Bonchev–Trinajstić information content (AvgIpc) is 2.53. The zero-order valence-electron chi connectivity index (χ0n) is 7.25. The van der Waals surface area contributed by atoms with Crippen LogP contribution in [0, 0.1) is 5.92 Å². The molecule has 0 fully saturated rings. The maximum atomic E-state index is 11.2. The first-order chi connectivity index (χ1) is 5.83. The third kappa shape index (κ3) is 3.05. The molecule has 0 aromatic rings. The van der Waals surface area contributed by atoms with E-state index in [2.05, 4.69) is 17.5 Å². The van der Waals surface area contributed by atoms with Crippen molar-refractivity contribution in [1.82, 2.24) is 5.32 Å². The van der Waals surface area contributed by atoms with Crippen LogP contribution in [-0.4, -0.2) is 19.0 Å². The van der Waals surface area contributed by atoms with E-state index in [9.17, 15) is 4.79 Å². The van der Waals surface area contributed by atoms with E-state index >= 15 is 0 Å². The molecule has 0 saturated heterocycles. The van der Waals surface area contributed by atoms with Crippen LogP contribution < -0.4 is 11.1 Å². The number of carbonyl (C=O) groups is 1. The monoisotopic (exact) mass is 168 g/mol. The number of nitrogens with one attached hydrogen (secondary N) is 1. The Morgan fingerprint density at radius 3 is 3.08 bits per heavy atom. The minimum Gasteiger partial charge on any atom is -0.355 e. The van der Waals surface area contributed by atoms with Crippen LogP contribution in [0.1, 0.15) is 19.3 Å². The van der Waals surface area contributed by atoms with Crippen molar-refractivity contribution in [2.45, 2.75) is 19.3 Å². The molecule has 0 radical (unpaired) electrons. The predicted octanol–water partition coefficient (Wildman–Crippen LogP) is 0.418. The molecular weight excluding hydrogens is 152 g/mol. The Labute approximate surface area is 73.0 Å². The lowest BCUT2D eigenvalue weighted by Gasteiger charge is -2.07. The smallest absolute Gasteiger partial charge is 0.220 e. The van der Waals surface area contributed by atoms with Crippen molar-refractivity contribution < 1.29 is 4.79 Å². The minimum atomic E-state index is 0.122. The van der Waals surface area contributed by atoms with Crippen molar-refractivity contribution in [1.29, 1.82) is 0 Å². The van der Waals surface area contributed by atoms with Crippen molar-refractivity contribution in [2.24, 2.45) is 11.7 Å². The summed E-state index contributed by atoms with van der Waals surface area (Å²) < 4.78 is 0. The lowest BCUT2D eigenvalue weighted by molar-refractivity contribution is -0.121. The summed E-state index contributed by atoms with van der Waals surface area (Å²) in [7, 11) is 0. The van der Waals surface area contributed by atoms with Crippen LogP contribution in [0.4, 0.5) is 0 Å². The third-order valence-electron chi connectivity index (χ3n) is 2.03. The van der Waals surface area contributed by atoms with E-state index < -0.39 is 0 Å². The Kier molecular flexibility index (Phi) is 3.80. The van der Waals surface area contributed by atoms with Gasteiger partial charge in [-0.05, 0) is 18.8 Å². The summed E-state index contributed by atoms with van der Waals surface area (Å²) in [5.41, 5.74) is 5.26. The maximum Gasteiger partial charge on any atom is 0.220 e. The predicted molar refractivity (Wildman–Crippen MR) is 48.5 cm³/mol. The lowest BCUT2D eigenvalue weighted by atomic mass is 10.1. The molecule has 1 atom stereocenters. The van der Waals surface area contributed by atoms with Gasteiger partial charge in [0.05, 0.1) is 0 Å². The molecule has 1 unspecified atom stereocenters. The maximum absolute atomic E-state index is 11.2. The highest BCUT2D eigenvalue weighted by Gasteiger charge is 2.12. The number of nitrogens with two attached hydrogens (primary N) is 1. The molecular formula is C9H16N2O. The highest BCUT2D eigenvalue weighted by Crippen LogP contribution is 2.19. The van der Waals surface area contributed by atoms with Crippen LogP contribution in [0.3, 0.4) is 0 Å². The first-order valence-corrected chi connectivity index (χ1v) is 4.46. The van der Waals surface area contributed by atoms with Crippen LogP contribution in [0.2, 0.25) is 0 Å². The lowest BCUT2D eigenvalue weighted by Crippen LogP contribution is -2.29. The fourth-order valence-electron chi connectivity index (χ4n) is 1.39. The summed E-state index contributed by atoms with van der Waals surface area (Å²) in [5.74, 6) is 0.583. The molecule has 0 spiro atoms. The molecule has 1 amide bonds. The van der Waals surface area contributed by atoms with Gasteiger partial charge in [0.25, 0.3) is 0 Å². The van der Waals surface area contributed by atoms with Gasteiger partial charge in [-0.15, -0.1) is 0 Å². The highest BCUT2D eigenvalue weighted by atomic mass is 16.1. The number of carbonyl (C=O) groups excluding carboxylic acids is 1. The zero-order valence-corrected chi connectivity index (χ0v) is 7.25. The van der Waals surface area contributed by atoms with Crippen LogP contribution >= 0.6 is 0 Å². The number of amides is 1. The molecule has 3 N–H and O–H groups in total. The first-order valence-electron chi connectivity index (χ1n) is 4.46. The van der Waals surface area contributed by atoms with Gasteiger partial charge in [-0.2, -0.15) is 0 Å². The SMILES string of the molecule is NCCNC(=O)CC1C=CCC1. The zero-order chi connectivity index (χ0) is 8.81. The van der Waals surface area contributed by atoms with Gasteiger partial charge in [-0.25, -0.2) is 0 Å². The summed E-state index contributed by atoms with van der Waals surface area (Å²) >= 11 is 0. The molecule has 12 heavy (non-hydrogen) atoms. The Bertz CT molecular complexity index is 177. The number of hydrogen-bond donors (Lipinski definition) is 2. The fraction of sp³-hybridized carbons (Fsp3) is 0.667. The molecule has 0 heterocycles. The van der Waals surface area contributed by atoms with E-state index in [0.29, 0.717) is 25.4 Å². The van der Waals surface area contributed by atoms with E-state index in [4.69, 9.17) is 5.73 Å². The van der Waals surface area contributed by atoms with Gasteiger partial charge < -0.3 is 11.1 Å². The van der Waals surface area contributed by atoms with E-state index in [1.807, 2.05) is 0 Å². The number of hydrogen-bond acceptors (Lipinski definition) is 2. The van der Waals surface area contributed by atoms with Gasteiger partial charge in [-0.3, -0.25) is 4.79 Å². The second-order valence-corrected chi connectivity index (χ2v) is 3.11. The number of allylic oxidation sites excluding steroid dienone is 2. The molecule has 68 valence electrons. The summed E-state index contributed by atoms with van der Waals surface area (Å²) in [5, 5.41) is 2.76. The van der Waals surface area contributed by atoms with Gasteiger partial charge in [0, 0.05) is 19.5 Å². The minimum absolute atomic E-state index is 0.122. The van der Waals surface area contributed by atoms with Crippen molar-refractivity contribution in [3.05, 3.63) is 12.2 Å². The van der Waals surface area contributed by atoms with E-state index in [1.54, 1.807) is 0 Å². The Balaban J connectivity index is 2.12. The Morgan fingerprint density at radius 2 is 2.50 bits per heavy atom. The Morgan fingerprint density at radius 1 is 1.67 bits per heavy atom. The van der Waals surface area contributed by atoms with E-state index in [1.165, 1.54) is 0 Å². The Hall–Kier alpha value is -0.830. The molecule has 3 heteroatoms. The van der Waals surface area contributed by atoms with Crippen molar-refractivity contribution in [3.8, 4) is 0 Å². The van der Waals surface area contributed by atoms with Crippen molar-refractivity contribution in [3.63, 3.8) is 0 Å². The van der Waals surface area contributed by atoms with Gasteiger partial charge in [0.1, 0.15) is 0 Å². The van der Waals surface area contributed by atoms with Crippen LogP contribution in [-0.2, 0) is 4.79 Å². The van der Waals surface area contributed by atoms with Crippen LogP contribution in [0.15, 0.2) is 12.2 Å². The average molecular weight is 168 g/mol. The topological polar surface area (TPSA) is 55.1 Å². The molecule has 1 aliphatic rings. The number of rotatable bonds is 4. The molecule has 0 bridgehead atoms.